The average Bonchev–Trinajstić information content (AvgIpc) is 1.89. The quantitative estimate of drug-likeness (QED) is 0.557. The predicted molar refractivity (Wildman–Crippen MR) is 40.4 cm³/mol. The van der Waals surface area contributed by atoms with Crippen molar-refractivity contribution in [1.82, 2.24) is 5.32 Å². The molecule has 1 nitrogen and oxygen atoms in total. The van der Waals surface area contributed by atoms with Gasteiger partial charge in [-0.1, -0.05) is 18.2 Å². The minimum Gasteiger partial charge on any atom is -0.313 e. The van der Waals surface area contributed by atoms with Crippen LogP contribution in [0.5, 0.6) is 0 Å². The largest absolute Gasteiger partial charge is 0.313 e. The van der Waals surface area contributed by atoms with Crippen LogP contribution in [0.3, 0.4) is 0 Å². The smallest absolute Gasteiger partial charge is 0.0167 e. The fraction of sp³-hybridized carbons (Fsp3) is 0.500. The van der Waals surface area contributed by atoms with Gasteiger partial charge in [0.05, 0.1) is 0 Å². The van der Waals surface area contributed by atoms with Crippen molar-refractivity contribution in [3.05, 3.63) is 23.8 Å². The van der Waals surface area contributed by atoms with Crippen LogP contribution < -0.4 is 5.32 Å². The van der Waals surface area contributed by atoms with Gasteiger partial charge in [0.1, 0.15) is 0 Å². The van der Waals surface area contributed by atoms with E-state index in [-0.39, 0.29) is 0 Å². The second-order valence-corrected chi connectivity index (χ2v) is 2.44. The van der Waals surface area contributed by atoms with Crippen molar-refractivity contribution in [2.75, 3.05) is 13.1 Å². The fourth-order valence-corrected chi connectivity index (χ4v) is 1.10. The molecule has 0 fully saturated rings. The van der Waals surface area contributed by atoms with Crippen molar-refractivity contribution in [3.63, 3.8) is 0 Å². The molecule has 0 spiro atoms. The number of rotatable bonds is 1. The molecule has 1 N–H and O–H groups in total. The highest BCUT2D eigenvalue weighted by molar-refractivity contribution is 5.25. The summed E-state index contributed by atoms with van der Waals surface area (Å²) in [5, 5.41) is 3.29. The number of allylic oxidation sites excluding steroid dienone is 1. The highest BCUT2D eigenvalue weighted by Gasteiger charge is 2.03. The van der Waals surface area contributed by atoms with Gasteiger partial charge in [-0.15, -0.1) is 0 Å². The standard InChI is InChI=1S/C8H13N/c1-3-8-4-5-9-6-7(8)2/h3,9H,1,4-6H2,2H3. The Kier molecular flexibility index (Phi) is 2.06. The van der Waals surface area contributed by atoms with Gasteiger partial charge in [-0.2, -0.15) is 0 Å². The van der Waals surface area contributed by atoms with Gasteiger partial charge in [0.2, 0.25) is 0 Å². The van der Waals surface area contributed by atoms with E-state index < -0.39 is 0 Å². The monoisotopic (exact) mass is 123 g/mol. The lowest BCUT2D eigenvalue weighted by molar-refractivity contribution is 0.686. The van der Waals surface area contributed by atoms with Gasteiger partial charge < -0.3 is 5.32 Å². The summed E-state index contributed by atoms with van der Waals surface area (Å²) in [6.07, 6.45) is 3.12. The molecule has 0 unspecified atom stereocenters. The van der Waals surface area contributed by atoms with Crippen molar-refractivity contribution in [2.24, 2.45) is 0 Å². The van der Waals surface area contributed by atoms with E-state index >= 15 is 0 Å². The SMILES string of the molecule is C=CC1=C(C)CNCC1. The maximum Gasteiger partial charge on any atom is 0.0167 e. The van der Waals surface area contributed by atoms with E-state index in [0.717, 1.165) is 19.5 Å². The molecule has 0 saturated carbocycles. The average molecular weight is 123 g/mol. The summed E-state index contributed by atoms with van der Waals surface area (Å²) < 4.78 is 0. The van der Waals surface area contributed by atoms with E-state index in [4.69, 9.17) is 0 Å². The maximum absolute atomic E-state index is 3.75. The normalized spacial score (nSPS) is 20.1. The summed E-state index contributed by atoms with van der Waals surface area (Å²) in [5.74, 6) is 0. The first kappa shape index (κ1) is 6.56. The van der Waals surface area contributed by atoms with Crippen LogP contribution in [-0.4, -0.2) is 13.1 Å². The van der Waals surface area contributed by atoms with Crippen LogP contribution in [0.2, 0.25) is 0 Å². The van der Waals surface area contributed by atoms with E-state index in [1.165, 1.54) is 11.1 Å². The van der Waals surface area contributed by atoms with Crippen molar-refractivity contribution >= 4 is 0 Å². The van der Waals surface area contributed by atoms with Gasteiger partial charge >= 0.3 is 0 Å². The molecule has 9 heavy (non-hydrogen) atoms. The number of nitrogens with one attached hydrogen (secondary N) is 1. The van der Waals surface area contributed by atoms with Crippen LogP contribution in [0.4, 0.5) is 0 Å². The molecular formula is C8H13N. The van der Waals surface area contributed by atoms with Gasteiger partial charge in [0.15, 0.2) is 0 Å². The molecule has 0 radical (unpaired) electrons. The molecule has 50 valence electrons. The lowest BCUT2D eigenvalue weighted by Crippen LogP contribution is -2.23. The zero-order chi connectivity index (χ0) is 6.69. The Balaban J connectivity index is 2.70. The molecule has 0 aliphatic carbocycles. The Labute approximate surface area is 56.5 Å². The van der Waals surface area contributed by atoms with Crippen LogP contribution in [0, 0.1) is 0 Å². The van der Waals surface area contributed by atoms with Gasteiger partial charge in [0.25, 0.3) is 0 Å². The Morgan fingerprint density at radius 3 is 2.89 bits per heavy atom. The minimum atomic E-state index is 1.04. The fourth-order valence-electron chi connectivity index (χ4n) is 1.10. The zero-order valence-corrected chi connectivity index (χ0v) is 5.91. The Morgan fingerprint density at radius 2 is 2.44 bits per heavy atom. The third-order valence-corrected chi connectivity index (χ3v) is 1.76. The third-order valence-electron chi connectivity index (χ3n) is 1.76. The Hall–Kier alpha value is -0.560. The van der Waals surface area contributed by atoms with Crippen molar-refractivity contribution < 1.29 is 0 Å². The molecule has 1 aliphatic rings. The molecule has 0 aromatic carbocycles. The van der Waals surface area contributed by atoms with E-state index in [1.54, 1.807) is 0 Å². The predicted octanol–water partition coefficient (Wildman–Crippen LogP) is 1.48. The zero-order valence-electron chi connectivity index (χ0n) is 5.91. The van der Waals surface area contributed by atoms with E-state index in [2.05, 4.69) is 18.8 Å². The number of hydrogen-bond donors (Lipinski definition) is 1. The Morgan fingerprint density at radius 1 is 1.67 bits per heavy atom. The van der Waals surface area contributed by atoms with E-state index in [1.807, 2.05) is 6.08 Å². The molecule has 0 aromatic rings. The van der Waals surface area contributed by atoms with Crippen molar-refractivity contribution in [2.45, 2.75) is 13.3 Å². The molecular weight excluding hydrogens is 110 g/mol. The van der Waals surface area contributed by atoms with Gasteiger partial charge in [0, 0.05) is 6.54 Å². The summed E-state index contributed by atoms with van der Waals surface area (Å²) in [5.41, 5.74) is 2.87. The maximum atomic E-state index is 3.75. The third kappa shape index (κ3) is 1.42. The van der Waals surface area contributed by atoms with Crippen molar-refractivity contribution in [3.8, 4) is 0 Å². The van der Waals surface area contributed by atoms with Crippen LogP contribution in [-0.2, 0) is 0 Å². The second-order valence-electron chi connectivity index (χ2n) is 2.44. The molecule has 0 aromatic heterocycles. The first-order valence-corrected chi connectivity index (χ1v) is 3.36. The minimum absolute atomic E-state index is 1.04. The lowest BCUT2D eigenvalue weighted by atomic mass is 10.0. The first-order chi connectivity index (χ1) is 4.34. The van der Waals surface area contributed by atoms with E-state index in [0.29, 0.717) is 0 Å². The molecule has 1 rings (SSSR count). The summed E-state index contributed by atoms with van der Waals surface area (Å²) >= 11 is 0. The number of hydrogen-bond acceptors (Lipinski definition) is 1. The molecule has 1 heterocycles. The first-order valence-electron chi connectivity index (χ1n) is 3.36. The molecule has 1 aliphatic heterocycles. The molecule has 0 atom stereocenters. The van der Waals surface area contributed by atoms with Crippen LogP contribution >= 0.6 is 0 Å². The molecule has 0 bridgehead atoms. The summed E-state index contributed by atoms with van der Waals surface area (Å²) in [6, 6.07) is 0. The van der Waals surface area contributed by atoms with Gasteiger partial charge in [-0.05, 0) is 25.5 Å². The summed E-state index contributed by atoms with van der Waals surface area (Å²) in [7, 11) is 0. The summed E-state index contributed by atoms with van der Waals surface area (Å²) in [6.45, 7) is 8.06. The summed E-state index contributed by atoms with van der Waals surface area (Å²) in [4.78, 5) is 0. The highest BCUT2D eigenvalue weighted by Crippen LogP contribution is 2.11. The van der Waals surface area contributed by atoms with Crippen LogP contribution in [0.25, 0.3) is 0 Å². The lowest BCUT2D eigenvalue weighted by Gasteiger charge is -2.15. The highest BCUT2D eigenvalue weighted by atomic mass is 14.9. The molecule has 0 amide bonds. The topological polar surface area (TPSA) is 12.0 Å². The van der Waals surface area contributed by atoms with Crippen LogP contribution in [0.15, 0.2) is 23.8 Å². The second kappa shape index (κ2) is 2.83. The van der Waals surface area contributed by atoms with Gasteiger partial charge in [-0.25, -0.2) is 0 Å². The van der Waals surface area contributed by atoms with Crippen LogP contribution in [0.1, 0.15) is 13.3 Å². The molecule has 0 saturated heterocycles. The van der Waals surface area contributed by atoms with E-state index in [9.17, 15) is 0 Å². The molecule has 1 heteroatoms. The van der Waals surface area contributed by atoms with Gasteiger partial charge in [-0.3, -0.25) is 0 Å². The van der Waals surface area contributed by atoms with Crippen molar-refractivity contribution in [1.29, 1.82) is 0 Å². The Bertz CT molecular complexity index is 145.